The van der Waals surface area contributed by atoms with E-state index in [0.29, 0.717) is 19.6 Å². The van der Waals surface area contributed by atoms with Gasteiger partial charge in [0.25, 0.3) is 0 Å². The van der Waals surface area contributed by atoms with Crippen molar-refractivity contribution < 1.29 is 14.3 Å². The molecule has 1 saturated heterocycles. The number of carbonyl (C=O) groups is 1. The third kappa shape index (κ3) is 3.52. The van der Waals surface area contributed by atoms with Gasteiger partial charge in [0.15, 0.2) is 0 Å². The molecule has 0 bridgehead atoms. The molecule has 1 aliphatic rings. The minimum Gasteiger partial charge on any atom is -0.383 e. The topological polar surface area (TPSA) is 51.7 Å². The maximum Gasteiger partial charge on any atom is 0.227 e. The molecule has 0 aliphatic carbocycles. The van der Waals surface area contributed by atoms with Gasteiger partial charge in [-0.05, 0) is 18.1 Å². The Bertz CT molecular complexity index is 410. The minimum atomic E-state index is 0.106. The molecule has 2 atom stereocenters. The SMILES string of the molecule is COC[C@@H]1C[C@@H](OC)CN1C(=O)Cc1cccnc1. The number of nitrogens with zero attached hydrogens (tertiary/aromatic N) is 2. The molecular weight excluding hydrogens is 244 g/mol. The average molecular weight is 264 g/mol. The van der Waals surface area contributed by atoms with E-state index in [9.17, 15) is 4.79 Å². The van der Waals surface area contributed by atoms with Crippen LogP contribution in [0.15, 0.2) is 24.5 Å². The van der Waals surface area contributed by atoms with Crippen molar-refractivity contribution in [1.82, 2.24) is 9.88 Å². The third-order valence-electron chi connectivity index (χ3n) is 3.47. The molecule has 0 radical (unpaired) electrons. The van der Waals surface area contributed by atoms with Crippen molar-refractivity contribution in [3.8, 4) is 0 Å². The number of hydrogen-bond acceptors (Lipinski definition) is 4. The first-order valence-electron chi connectivity index (χ1n) is 6.44. The first-order valence-corrected chi connectivity index (χ1v) is 6.44. The summed E-state index contributed by atoms with van der Waals surface area (Å²) >= 11 is 0. The Morgan fingerprint density at radius 1 is 1.53 bits per heavy atom. The summed E-state index contributed by atoms with van der Waals surface area (Å²) in [5.74, 6) is 0.106. The van der Waals surface area contributed by atoms with Crippen LogP contribution in [0.1, 0.15) is 12.0 Å². The molecule has 0 aromatic carbocycles. The predicted molar refractivity (Wildman–Crippen MR) is 70.7 cm³/mol. The Hall–Kier alpha value is -1.46. The summed E-state index contributed by atoms with van der Waals surface area (Å²) in [6.07, 6.45) is 4.76. The fraction of sp³-hybridized carbons (Fsp3) is 0.571. The van der Waals surface area contributed by atoms with Gasteiger partial charge in [0.2, 0.25) is 5.91 Å². The van der Waals surface area contributed by atoms with E-state index in [1.165, 1.54) is 0 Å². The quantitative estimate of drug-likeness (QED) is 0.792. The van der Waals surface area contributed by atoms with Gasteiger partial charge in [-0.2, -0.15) is 0 Å². The first-order chi connectivity index (χ1) is 9.24. The van der Waals surface area contributed by atoms with Crippen molar-refractivity contribution in [2.75, 3.05) is 27.4 Å². The minimum absolute atomic E-state index is 0.106. The van der Waals surface area contributed by atoms with E-state index in [1.807, 2.05) is 17.0 Å². The lowest BCUT2D eigenvalue weighted by atomic mass is 10.1. The fourth-order valence-corrected chi connectivity index (χ4v) is 2.48. The normalized spacial score (nSPS) is 22.7. The van der Waals surface area contributed by atoms with Crippen LogP contribution in [0.5, 0.6) is 0 Å². The summed E-state index contributed by atoms with van der Waals surface area (Å²) in [6.45, 7) is 1.20. The fourth-order valence-electron chi connectivity index (χ4n) is 2.48. The largest absolute Gasteiger partial charge is 0.383 e. The van der Waals surface area contributed by atoms with E-state index in [1.54, 1.807) is 26.6 Å². The lowest BCUT2D eigenvalue weighted by Crippen LogP contribution is -2.39. The zero-order valence-corrected chi connectivity index (χ0v) is 11.4. The molecule has 5 nitrogen and oxygen atoms in total. The van der Waals surface area contributed by atoms with E-state index in [2.05, 4.69) is 4.98 Å². The number of ether oxygens (including phenoxy) is 2. The van der Waals surface area contributed by atoms with Crippen LogP contribution < -0.4 is 0 Å². The summed E-state index contributed by atoms with van der Waals surface area (Å²) in [4.78, 5) is 18.2. The highest BCUT2D eigenvalue weighted by molar-refractivity contribution is 5.79. The van der Waals surface area contributed by atoms with Crippen LogP contribution in [0.4, 0.5) is 0 Å². The molecule has 0 spiro atoms. The van der Waals surface area contributed by atoms with Gasteiger partial charge in [-0.3, -0.25) is 9.78 Å². The summed E-state index contributed by atoms with van der Waals surface area (Å²) < 4.78 is 10.5. The number of aromatic nitrogens is 1. The van der Waals surface area contributed by atoms with Gasteiger partial charge < -0.3 is 14.4 Å². The smallest absolute Gasteiger partial charge is 0.227 e. The molecule has 0 unspecified atom stereocenters. The number of rotatable bonds is 5. The Labute approximate surface area is 113 Å². The zero-order valence-electron chi connectivity index (χ0n) is 11.4. The number of amides is 1. The lowest BCUT2D eigenvalue weighted by Gasteiger charge is -2.23. The molecule has 1 aliphatic heterocycles. The van der Waals surface area contributed by atoms with Gasteiger partial charge >= 0.3 is 0 Å². The van der Waals surface area contributed by atoms with E-state index in [0.717, 1.165) is 12.0 Å². The second-order valence-electron chi connectivity index (χ2n) is 4.79. The Kier molecular flexibility index (Phi) is 4.87. The predicted octanol–water partition coefficient (Wildman–Crippen LogP) is 0.886. The second kappa shape index (κ2) is 6.63. The Morgan fingerprint density at radius 2 is 2.37 bits per heavy atom. The van der Waals surface area contributed by atoms with Crippen molar-refractivity contribution in [3.05, 3.63) is 30.1 Å². The number of pyridine rings is 1. The molecule has 0 saturated carbocycles. The van der Waals surface area contributed by atoms with E-state index >= 15 is 0 Å². The lowest BCUT2D eigenvalue weighted by molar-refractivity contribution is -0.132. The molecular formula is C14H20N2O3. The van der Waals surface area contributed by atoms with Crippen LogP contribution in [0.3, 0.4) is 0 Å². The average Bonchev–Trinajstić information content (AvgIpc) is 2.84. The summed E-state index contributed by atoms with van der Waals surface area (Å²) in [5.41, 5.74) is 0.935. The number of carbonyl (C=O) groups excluding carboxylic acids is 1. The van der Waals surface area contributed by atoms with Gasteiger partial charge in [0.1, 0.15) is 0 Å². The van der Waals surface area contributed by atoms with E-state index in [4.69, 9.17) is 9.47 Å². The van der Waals surface area contributed by atoms with Crippen molar-refractivity contribution >= 4 is 5.91 Å². The van der Waals surface area contributed by atoms with Gasteiger partial charge in [-0.15, -0.1) is 0 Å². The third-order valence-corrected chi connectivity index (χ3v) is 3.47. The molecule has 1 fully saturated rings. The maximum atomic E-state index is 12.3. The van der Waals surface area contributed by atoms with E-state index < -0.39 is 0 Å². The molecule has 2 rings (SSSR count). The zero-order chi connectivity index (χ0) is 13.7. The number of methoxy groups -OCH3 is 2. The molecule has 0 N–H and O–H groups in total. The van der Waals surface area contributed by atoms with E-state index in [-0.39, 0.29) is 18.1 Å². The Morgan fingerprint density at radius 3 is 3.00 bits per heavy atom. The molecule has 1 aromatic heterocycles. The number of hydrogen-bond donors (Lipinski definition) is 0. The van der Waals surface area contributed by atoms with Crippen LogP contribution in [0.25, 0.3) is 0 Å². The molecule has 104 valence electrons. The van der Waals surface area contributed by atoms with Gasteiger partial charge in [-0.25, -0.2) is 0 Å². The van der Waals surface area contributed by atoms with Crippen LogP contribution in [-0.4, -0.2) is 55.3 Å². The van der Waals surface area contributed by atoms with Gasteiger partial charge in [-0.1, -0.05) is 6.07 Å². The van der Waals surface area contributed by atoms with Crippen LogP contribution >= 0.6 is 0 Å². The van der Waals surface area contributed by atoms with Crippen molar-refractivity contribution in [1.29, 1.82) is 0 Å². The van der Waals surface area contributed by atoms with Gasteiger partial charge in [0, 0.05) is 33.2 Å². The molecule has 1 amide bonds. The highest BCUT2D eigenvalue weighted by Crippen LogP contribution is 2.21. The van der Waals surface area contributed by atoms with Crippen molar-refractivity contribution in [2.24, 2.45) is 0 Å². The van der Waals surface area contributed by atoms with Crippen LogP contribution in [0, 0.1) is 0 Å². The van der Waals surface area contributed by atoms with Crippen molar-refractivity contribution in [3.63, 3.8) is 0 Å². The number of likely N-dealkylation sites (tertiary alicyclic amines) is 1. The molecule has 5 heteroatoms. The summed E-state index contributed by atoms with van der Waals surface area (Å²) in [6, 6.07) is 3.87. The second-order valence-corrected chi connectivity index (χ2v) is 4.79. The summed E-state index contributed by atoms with van der Waals surface area (Å²) in [7, 11) is 3.34. The monoisotopic (exact) mass is 264 g/mol. The van der Waals surface area contributed by atoms with Crippen LogP contribution in [-0.2, 0) is 20.7 Å². The van der Waals surface area contributed by atoms with Crippen LogP contribution in [0.2, 0.25) is 0 Å². The Balaban J connectivity index is 2.00. The van der Waals surface area contributed by atoms with Gasteiger partial charge in [0.05, 0.1) is 25.2 Å². The highest BCUT2D eigenvalue weighted by Gasteiger charge is 2.34. The van der Waals surface area contributed by atoms with Crippen molar-refractivity contribution in [2.45, 2.75) is 25.0 Å². The molecule has 1 aromatic rings. The maximum absolute atomic E-state index is 12.3. The summed E-state index contributed by atoms with van der Waals surface area (Å²) in [5, 5.41) is 0. The standard InChI is InChI=1S/C14H20N2O3/c1-18-10-12-7-13(19-2)9-16(12)14(17)6-11-4-3-5-15-8-11/h3-5,8,12-13H,6-7,9-10H2,1-2H3/t12-,13+/m0/s1. The first kappa shape index (κ1) is 14.0. The highest BCUT2D eigenvalue weighted by atomic mass is 16.5. The molecule has 19 heavy (non-hydrogen) atoms. The molecule has 2 heterocycles.